The fourth-order valence-electron chi connectivity index (χ4n) is 1.51. The van der Waals surface area contributed by atoms with E-state index in [0.29, 0.717) is 0 Å². The molecular formula is C13H13NO2S. The lowest BCUT2D eigenvalue weighted by molar-refractivity contribution is 0.0976. The van der Waals surface area contributed by atoms with E-state index in [4.69, 9.17) is 0 Å². The van der Waals surface area contributed by atoms with E-state index in [9.17, 15) is 9.59 Å². The van der Waals surface area contributed by atoms with Crippen LogP contribution in [0.1, 0.15) is 21.5 Å². The molecule has 17 heavy (non-hydrogen) atoms. The van der Waals surface area contributed by atoms with Crippen molar-refractivity contribution in [1.82, 2.24) is 4.57 Å². The standard InChI is InChI=1S/C13H13NO2S/c1-2-11-3-4-13(17-11)12(16)9-14-7-5-10(15)6-8-14/h3-8H,2,9H2,1H3. The number of hydrogen-bond donors (Lipinski definition) is 0. The Balaban J connectivity index is 2.11. The second-order valence-electron chi connectivity index (χ2n) is 3.75. The minimum absolute atomic E-state index is 0.0434. The summed E-state index contributed by atoms with van der Waals surface area (Å²) in [4.78, 5) is 24.9. The van der Waals surface area contributed by atoms with Gasteiger partial charge in [0.15, 0.2) is 11.2 Å². The van der Waals surface area contributed by atoms with Crippen LogP contribution >= 0.6 is 11.3 Å². The van der Waals surface area contributed by atoms with E-state index in [2.05, 4.69) is 6.92 Å². The lowest BCUT2D eigenvalue weighted by atomic mass is 10.3. The molecule has 0 saturated carbocycles. The van der Waals surface area contributed by atoms with Gasteiger partial charge in [-0.1, -0.05) is 6.92 Å². The van der Waals surface area contributed by atoms with Gasteiger partial charge in [-0.15, -0.1) is 11.3 Å². The molecule has 4 heteroatoms. The van der Waals surface area contributed by atoms with Crippen LogP contribution in [0.3, 0.4) is 0 Å². The Morgan fingerprint density at radius 2 is 1.94 bits per heavy atom. The van der Waals surface area contributed by atoms with Gasteiger partial charge in [-0.2, -0.15) is 0 Å². The van der Waals surface area contributed by atoms with Gasteiger partial charge in [0.25, 0.3) is 0 Å². The van der Waals surface area contributed by atoms with Crippen molar-refractivity contribution in [1.29, 1.82) is 0 Å². The summed E-state index contributed by atoms with van der Waals surface area (Å²) in [7, 11) is 0. The normalized spacial score (nSPS) is 10.4. The van der Waals surface area contributed by atoms with Gasteiger partial charge in [0.1, 0.15) is 0 Å². The van der Waals surface area contributed by atoms with E-state index >= 15 is 0 Å². The molecule has 2 rings (SSSR count). The second kappa shape index (κ2) is 5.10. The summed E-state index contributed by atoms with van der Waals surface area (Å²) in [5, 5.41) is 0. The Labute approximate surface area is 103 Å². The third-order valence-corrected chi connectivity index (χ3v) is 3.74. The van der Waals surface area contributed by atoms with Gasteiger partial charge in [0.05, 0.1) is 11.4 Å². The molecule has 0 radical (unpaired) electrons. The van der Waals surface area contributed by atoms with Crippen LogP contribution in [0.2, 0.25) is 0 Å². The number of carbonyl (C=O) groups is 1. The zero-order valence-corrected chi connectivity index (χ0v) is 10.4. The maximum Gasteiger partial charge on any atom is 0.192 e. The van der Waals surface area contributed by atoms with E-state index in [-0.39, 0.29) is 17.8 Å². The summed E-state index contributed by atoms with van der Waals surface area (Å²) in [5.41, 5.74) is -0.0434. The van der Waals surface area contributed by atoms with Crippen molar-refractivity contribution in [3.63, 3.8) is 0 Å². The number of hydrogen-bond acceptors (Lipinski definition) is 3. The minimum atomic E-state index is -0.0434. The van der Waals surface area contributed by atoms with Gasteiger partial charge in [0.2, 0.25) is 0 Å². The minimum Gasteiger partial charge on any atom is -0.346 e. The average molecular weight is 247 g/mol. The first kappa shape index (κ1) is 11.8. The van der Waals surface area contributed by atoms with Crippen molar-refractivity contribution < 1.29 is 4.79 Å². The molecule has 0 saturated heterocycles. The molecule has 0 aromatic carbocycles. The van der Waals surface area contributed by atoms with Crippen molar-refractivity contribution >= 4 is 17.1 Å². The maximum atomic E-state index is 11.9. The van der Waals surface area contributed by atoms with Crippen LogP contribution in [-0.4, -0.2) is 10.4 Å². The van der Waals surface area contributed by atoms with Gasteiger partial charge >= 0.3 is 0 Å². The lowest BCUT2D eigenvalue weighted by Gasteiger charge is -2.02. The second-order valence-corrected chi connectivity index (χ2v) is 4.92. The van der Waals surface area contributed by atoms with E-state index in [0.717, 1.165) is 11.3 Å². The third-order valence-electron chi connectivity index (χ3n) is 2.47. The molecule has 88 valence electrons. The molecule has 0 atom stereocenters. The molecule has 0 fully saturated rings. The molecule has 0 aliphatic carbocycles. The summed E-state index contributed by atoms with van der Waals surface area (Å²) in [6, 6.07) is 6.77. The van der Waals surface area contributed by atoms with Crippen LogP contribution in [0.25, 0.3) is 0 Å². The van der Waals surface area contributed by atoms with Crippen molar-refractivity contribution in [3.8, 4) is 0 Å². The summed E-state index contributed by atoms with van der Waals surface area (Å²) in [6.07, 6.45) is 4.22. The predicted octanol–water partition coefficient (Wildman–Crippen LogP) is 2.36. The molecule has 0 unspecified atom stereocenters. The predicted molar refractivity (Wildman–Crippen MR) is 68.7 cm³/mol. The van der Waals surface area contributed by atoms with Gasteiger partial charge in [-0.05, 0) is 18.6 Å². The van der Waals surface area contributed by atoms with Crippen molar-refractivity contribution in [2.24, 2.45) is 0 Å². The number of aromatic nitrogens is 1. The fraction of sp³-hybridized carbons (Fsp3) is 0.231. The SMILES string of the molecule is CCc1ccc(C(=O)Cn2ccc(=O)cc2)s1. The van der Waals surface area contributed by atoms with Crippen LogP contribution < -0.4 is 5.43 Å². The molecule has 2 heterocycles. The first-order valence-corrected chi connectivity index (χ1v) is 6.28. The summed E-state index contributed by atoms with van der Waals surface area (Å²) in [6.45, 7) is 2.35. The molecular weight excluding hydrogens is 234 g/mol. The fourth-order valence-corrected chi connectivity index (χ4v) is 2.39. The summed E-state index contributed by atoms with van der Waals surface area (Å²) in [5.74, 6) is 0.0818. The third kappa shape index (κ3) is 2.91. The van der Waals surface area contributed by atoms with Crippen molar-refractivity contribution in [2.45, 2.75) is 19.9 Å². The average Bonchev–Trinajstić information content (AvgIpc) is 2.81. The highest BCUT2D eigenvalue weighted by Crippen LogP contribution is 2.17. The molecule has 0 aliphatic rings. The lowest BCUT2D eigenvalue weighted by Crippen LogP contribution is -2.10. The first-order chi connectivity index (χ1) is 8.19. The van der Waals surface area contributed by atoms with Crippen LogP contribution in [-0.2, 0) is 13.0 Å². The number of Topliss-reactive ketones (excluding diaryl/α,β-unsaturated/α-hetero) is 1. The van der Waals surface area contributed by atoms with Crippen LogP contribution in [0.15, 0.2) is 41.5 Å². The Kier molecular flexibility index (Phi) is 3.54. The highest BCUT2D eigenvalue weighted by atomic mass is 32.1. The van der Waals surface area contributed by atoms with Crippen LogP contribution in [0, 0.1) is 0 Å². The summed E-state index contributed by atoms with van der Waals surface area (Å²) >= 11 is 1.54. The molecule has 2 aromatic rings. The number of carbonyl (C=O) groups excluding carboxylic acids is 1. The van der Waals surface area contributed by atoms with Crippen molar-refractivity contribution in [2.75, 3.05) is 0 Å². The number of thiophene rings is 1. The number of nitrogens with zero attached hydrogens (tertiary/aromatic N) is 1. The molecule has 0 amide bonds. The largest absolute Gasteiger partial charge is 0.346 e. The van der Waals surface area contributed by atoms with Crippen LogP contribution in [0.4, 0.5) is 0 Å². The zero-order valence-electron chi connectivity index (χ0n) is 9.55. The van der Waals surface area contributed by atoms with E-state index in [1.807, 2.05) is 12.1 Å². The molecule has 0 aliphatic heterocycles. The smallest absolute Gasteiger partial charge is 0.192 e. The molecule has 0 bridgehead atoms. The van der Waals surface area contributed by atoms with Gasteiger partial charge in [-0.3, -0.25) is 9.59 Å². The van der Waals surface area contributed by atoms with E-state index in [1.54, 1.807) is 17.0 Å². The number of aryl methyl sites for hydroxylation is 1. The van der Waals surface area contributed by atoms with Crippen molar-refractivity contribution in [3.05, 3.63) is 56.6 Å². The van der Waals surface area contributed by atoms with Gasteiger partial charge in [-0.25, -0.2) is 0 Å². The number of pyridine rings is 1. The Bertz CT molecular complexity index is 563. The summed E-state index contributed by atoms with van der Waals surface area (Å²) < 4.78 is 1.72. The first-order valence-electron chi connectivity index (χ1n) is 5.47. The molecule has 2 aromatic heterocycles. The highest BCUT2D eigenvalue weighted by molar-refractivity contribution is 7.14. The quantitative estimate of drug-likeness (QED) is 0.778. The highest BCUT2D eigenvalue weighted by Gasteiger charge is 2.08. The number of rotatable bonds is 4. The van der Waals surface area contributed by atoms with E-state index < -0.39 is 0 Å². The monoisotopic (exact) mass is 247 g/mol. The topological polar surface area (TPSA) is 39.1 Å². The Morgan fingerprint density at radius 3 is 2.53 bits per heavy atom. The Hall–Kier alpha value is -1.68. The number of ketones is 1. The molecule has 3 nitrogen and oxygen atoms in total. The van der Waals surface area contributed by atoms with Crippen LogP contribution in [0.5, 0.6) is 0 Å². The molecule has 0 N–H and O–H groups in total. The van der Waals surface area contributed by atoms with Gasteiger partial charge < -0.3 is 4.57 Å². The van der Waals surface area contributed by atoms with E-state index in [1.165, 1.54) is 28.3 Å². The zero-order chi connectivity index (χ0) is 12.3. The Morgan fingerprint density at radius 1 is 1.24 bits per heavy atom. The maximum absolute atomic E-state index is 11.9. The molecule has 0 spiro atoms. The van der Waals surface area contributed by atoms with Gasteiger partial charge in [0, 0.05) is 29.4 Å².